The van der Waals surface area contributed by atoms with Crippen LogP contribution in [0.5, 0.6) is 0 Å². The SMILES string of the molecule is CC/C=C\C/C=C\C/C=C\C/C=C\C/C=C\CCC(=O)OC(COC(=O)CCCC/C=C\C/C=C\C/C=C\CC)COC(=O)CCCCCCC\C=C/C=C\C=C/C=C\C=C/CCC. The normalized spacial score (nSPS) is 13.5. The maximum Gasteiger partial charge on any atom is 0.306 e. The third-order valence-corrected chi connectivity index (χ3v) is 9.37. The Kier molecular flexibility index (Phi) is 46.7. The van der Waals surface area contributed by atoms with E-state index >= 15 is 0 Å². The molecule has 0 aliphatic rings. The summed E-state index contributed by atoms with van der Waals surface area (Å²) in [7, 11) is 0. The molecule has 0 N–H and O–H groups in total. The van der Waals surface area contributed by atoms with Crippen LogP contribution in [0.15, 0.2) is 158 Å². The van der Waals surface area contributed by atoms with Gasteiger partial charge in [0.05, 0.1) is 0 Å². The Morgan fingerprint density at radius 1 is 0.344 bits per heavy atom. The summed E-state index contributed by atoms with van der Waals surface area (Å²) in [6, 6.07) is 0. The Bertz CT molecular complexity index is 1520. The number of unbranched alkanes of at least 4 members (excludes halogenated alkanes) is 8. The van der Waals surface area contributed by atoms with Gasteiger partial charge in [0, 0.05) is 19.3 Å². The van der Waals surface area contributed by atoms with Gasteiger partial charge in [-0.05, 0) is 103 Å². The van der Waals surface area contributed by atoms with E-state index in [2.05, 4.69) is 130 Å². The highest BCUT2D eigenvalue weighted by atomic mass is 16.6. The Balaban J connectivity index is 4.63. The highest BCUT2D eigenvalue weighted by Gasteiger charge is 2.19. The molecule has 0 aliphatic carbocycles. The fraction of sp³-hybridized carbons (Fsp3) is 0.500. The number of carbonyl (C=O) groups excluding carboxylic acids is 3. The molecule has 0 aromatic rings. The number of esters is 3. The highest BCUT2D eigenvalue weighted by Crippen LogP contribution is 2.10. The molecular weight excluding hydrogens is 793 g/mol. The van der Waals surface area contributed by atoms with Gasteiger partial charge in [-0.3, -0.25) is 14.4 Å². The first-order chi connectivity index (χ1) is 31.5. The average Bonchev–Trinajstić information content (AvgIpc) is 3.29. The zero-order valence-electron chi connectivity index (χ0n) is 40.2. The fourth-order valence-corrected chi connectivity index (χ4v) is 5.77. The molecule has 64 heavy (non-hydrogen) atoms. The second-order valence-electron chi connectivity index (χ2n) is 15.4. The van der Waals surface area contributed by atoms with Gasteiger partial charge in [-0.25, -0.2) is 0 Å². The molecule has 0 fully saturated rings. The Morgan fingerprint density at radius 3 is 1.19 bits per heavy atom. The lowest BCUT2D eigenvalue weighted by molar-refractivity contribution is -0.166. The van der Waals surface area contributed by atoms with Crippen LogP contribution in [0.3, 0.4) is 0 Å². The standard InChI is InChI=1S/C58H86O6/c1-4-7-10-13-16-19-22-25-27-29-30-32-33-36-39-42-45-48-51-57(60)63-54-55(53-62-56(59)50-47-44-41-38-35-24-21-18-15-12-9-6-3)64-58(61)52-49-46-43-40-37-34-31-28-26-23-20-17-14-11-8-5-2/h8-13,16-22,25-30,32,34-35,37-38,43,46,55H,4-7,14-15,23-24,31,33,36,39-42,44-45,47-54H2,1-3H3/b11-8-,12-9-,13-10-,19-16-,20-17-,21-18-,25-22-,28-26-,29-27-,32-30-,37-34-,38-35-,46-43-. The number of allylic oxidation sites excluding steroid dienone is 26. The van der Waals surface area contributed by atoms with Crippen LogP contribution in [0.4, 0.5) is 0 Å². The molecule has 1 unspecified atom stereocenters. The molecule has 0 bridgehead atoms. The van der Waals surface area contributed by atoms with E-state index in [1.807, 2.05) is 48.6 Å². The van der Waals surface area contributed by atoms with Crippen molar-refractivity contribution in [1.82, 2.24) is 0 Å². The number of hydrogen-bond acceptors (Lipinski definition) is 6. The molecule has 0 aromatic carbocycles. The summed E-state index contributed by atoms with van der Waals surface area (Å²) < 4.78 is 16.6. The molecule has 0 radical (unpaired) electrons. The quantitative estimate of drug-likeness (QED) is 0.0200. The monoisotopic (exact) mass is 879 g/mol. The second-order valence-corrected chi connectivity index (χ2v) is 15.4. The highest BCUT2D eigenvalue weighted by molar-refractivity contribution is 5.71. The lowest BCUT2D eigenvalue weighted by Crippen LogP contribution is -2.30. The largest absolute Gasteiger partial charge is 0.462 e. The van der Waals surface area contributed by atoms with E-state index in [-0.39, 0.29) is 38.0 Å². The third kappa shape index (κ3) is 48.1. The van der Waals surface area contributed by atoms with Gasteiger partial charge in [0.2, 0.25) is 0 Å². The van der Waals surface area contributed by atoms with Crippen molar-refractivity contribution >= 4 is 17.9 Å². The average molecular weight is 879 g/mol. The van der Waals surface area contributed by atoms with Crippen LogP contribution in [-0.2, 0) is 28.6 Å². The van der Waals surface area contributed by atoms with Crippen molar-refractivity contribution in [3.8, 4) is 0 Å². The Labute approximate surface area is 390 Å². The molecule has 354 valence electrons. The zero-order valence-corrected chi connectivity index (χ0v) is 40.2. The van der Waals surface area contributed by atoms with Crippen molar-refractivity contribution in [1.29, 1.82) is 0 Å². The number of carbonyl (C=O) groups is 3. The van der Waals surface area contributed by atoms with E-state index in [1.165, 1.54) is 6.42 Å². The van der Waals surface area contributed by atoms with Crippen molar-refractivity contribution in [2.45, 2.75) is 175 Å². The summed E-state index contributed by atoms with van der Waals surface area (Å²) in [5, 5.41) is 0. The Morgan fingerprint density at radius 2 is 0.703 bits per heavy atom. The minimum Gasteiger partial charge on any atom is -0.462 e. The van der Waals surface area contributed by atoms with Crippen molar-refractivity contribution in [2.24, 2.45) is 0 Å². The predicted octanol–water partition coefficient (Wildman–Crippen LogP) is 16.2. The first-order valence-electron chi connectivity index (χ1n) is 24.6. The molecular formula is C58H86O6. The first kappa shape index (κ1) is 59.0. The summed E-state index contributed by atoms with van der Waals surface area (Å²) >= 11 is 0. The molecule has 0 saturated carbocycles. The van der Waals surface area contributed by atoms with Crippen LogP contribution >= 0.6 is 0 Å². The van der Waals surface area contributed by atoms with Gasteiger partial charge in [0.15, 0.2) is 6.10 Å². The van der Waals surface area contributed by atoms with E-state index in [9.17, 15) is 14.4 Å². The lowest BCUT2D eigenvalue weighted by atomic mass is 10.1. The van der Waals surface area contributed by atoms with Crippen LogP contribution in [0, 0.1) is 0 Å². The summed E-state index contributed by atoms with van der Waals surface area (Å²) in [5.74, 6) is -1.11. The maximum absolute atomic E-state index is 12.7. The van der Waals surface area contributed by atoms with E-state index in [4.69, 9.17) is 14.2 Å². The maximum atomic E-state index is 12.7. The molecule has 0 amide bonds. The minimum absolute atomic E-state index is 0.142. The molecule has 0 spiro atoms. The molecule has 1 atom stereocenters. The minimum atomic E-state index is -0.851. The van der Waals surface area contributed by atoms with E-state index in [1.54, 1.807) is 0 Å². The van der Waals surface area contributed by atoms with Crippen molar-refractivity contribution in [3.05, 3.63) is 158 Å². The zero-order chi connectivity index (χ0) is 46.5. The predicted molar refractivity (Wildman–Crippen MR) is 274 cm³/mol. The fourth-order valence-electron chi connectivity index (χ4n) is 5.77. The molecule has 6 nitrogen and oxygen atoms in total. The van der Waals surface area contributed by atoms with Gasteiger partial charge in [0.1, 0.15) is 13.2 Å². The smallest absolute Gasteiger partial charge is 0.306 e. The van der Waals surface area contributed by atoms with Crippen LogP contribution < -0.4 is 0 Å². The number of rotatable bonds is 41. The number of ether oxygens (including phenoxy) is 3. The van der Waals surface area contributed by atoms with Gasteiger partial charge in [-0.2, -0.15) is 0 Å². The third-order valence-electron chi connectivity index (χ3n) is 9.37. The van der Waals surface area contributed by atoms with Crippen LogP contribution in [0.25, 0.3) is 0 Å². The summed E-state index contributed by atoms with van der Waals surface area (Å²) in [6.07, 6.45) is 73.8. The van der Waals surface area contributed by atoms with Crippen molar-refractivity contribution < 1.29 is 28.6 Å². The van der Waals surface area contributed by atoms with E-state index < -0.39 is 12.1 Å². The molecule has 0 saturated heterocycles. The number of hydrogen-bond donors (Lipinski definition) is 0. The van der Waals surface area contributed by atoms with E-state index in [0.29, 0.717) is 19.3 Å². The summed E-state index contributed by atoms with van der Waals surface area (Å²) in [5.41, 5.74) is 0. The van der Waals surface area contributed by atoms with Crippen LogP contribution in [0.1, 0.15) is 168 Å². The van der Waals surface area contributed by atoms with Gasteiger partial charge in [-0.15, -0.1) is 0 Å². The van der Waals surface area contributed by atoms with Crippen molar-refractivity contribution in [3.63, 3.8) is 0 Å². The lowest BCUT2D eigenvalue weighted by Gasteiger charge is -2.18. The van der Waals surface area contributed by atoms with Gasteiger partial charge in [-0.1, -0.05) is 204 Å². The van der Waals surface area contributed by atoms with Gasteiger partial charge < -0.3 is 14.2 Å². The van der Waals surface area contributed by atoms with Crippen molar-refractivity contribution in [2.75, 3.05) is 13.2 Å². The summed E-state index contributed by atoms with van der Waals surface area (Å²) in [6.45, 7) is 6.16. The van der Waals surface area contributed by atoms with Crippen LogP contribution in [0.2, 0.25) is 0 Å². The van der Waals surface area contributed by atoms with E-state index in [0.717, 1.165) is 109 Å². The Hall–Kier alpha value is -4.97. The summed E-state index contributed by atoms with van der Waals surface area (Å²) in [4.78, 5) is 37.9. The molecule has 6 heteroatoms. The molecule has 0 aromatic heterocycles. The van der Waals surface area contributed by atoms with Crippen LogP contribution in [-0.4, -0.2) is 37.2 Å². The topological polar surface area (TPSA) is 78.9 Å². The van der Waals surface area contributed by atoms with Gasteiger partial charge >= 0.3 is 17.9 Å². The molecule has 0 rings (SSSR count). The first-order valence-corrected chi connectivity index (χ1v) is 24.6. The molecule has 0 aliphatic heterocycles. The van der Waals surface area contributed by atoms with Gasteiger partial charge in [0.25, 0.3) is 0 Å². The second kappa shape index (κ2) is 50.7. The molecule has 0 heterocycles.